The summed E-state index contributed by atoms with van der Waals surface area (Å²) in [6.45, 7) is 8.09. The number of methoxy groups -OCH3 is 1. The topological polar surface area (TPSA) is 9.23 Å². The van der Waals surface area contributed by atoms with Gasteiger partial charge in [-0.25, -0.2) is 0 Å². The molecule has 0 aliphatic carbocycles. The van der Waals surface area contributed by atoms with Gasteiger partial charge in [0.05, 0.1) is 7.11 Å². The van der Waals surface area contributed by atoms with Crippen LogP contribution in [0.4, 0.5) is 0 Å². The fourth-order valence-corrected chi connectivity index (χ4v) is 1.12. The molecule has 0 saturated carbocycles. The van der Waals surface area contributed by atoms with Gasteiger partial charge in [-0.05, 0) is 25.0 Å². The lowest BCUT2D eigenvalue weighted by atomic mass is 10.1. The summed E-state index contributed by atoms with van der Waals surface area (Å²) >= 11 is 0. The highest BCUT2D eigenvalue weighted by Gasteiger charge is 1.98. The summed E-state index contributed by atoms with van der Waals surface area (Å²) in [5.74, 6) is 1.00. The Bertz CT molecular complexity index is 208. The number of hydrogen-bond acceptors (Lipinski definition) is 1. The van der Waals surface area contributed by atoms with Gasteiger partial charge in [0.2, 0.25) is 0 Å². The zero-order chi connectivity index (χ0) is 9.56. The van der Waals surface area contributed by atoms with Gasteiger partial charge >= 0.3 is 0 Å². The van der Waals surface area contributed by atoms with Gasteiger partial charge in [-0.1, -0.05) is 32.0 Å². The molecule has 0 spiro atoms. The zero-order valence-electron chi connectivity index (χ0n) is 8.64. The lowest BCUT2D eigenvalue weighted by Crippen LogP contribution is -1.89. The van der Waals surface area contributed by atoms with Crippen LogP contribution in [-0.4, -0.2) is 7.11 Å². The molecule has 1 aromatic carbocycles. The minimum atomic E-state index is 1.00. The van der Waals surface area contributed by atoms with Crippen LogP contribution in [-0.2, 0) is 0 Å². The first-order valence-corrected chi connectivity index (χ1v) is 4.36. The van der Waals surface area contributed by atoms with E-state index in [1.165, 1.54) is 11.1 Å². The van der Waals surface area contributed by atoms with Gasteiger partial charge < -0.3 is 4.74 Å². The van der Waals surface area contributed by atoms with E-state index in [-0.39, 0.29) is 0 Å². The number of aryl methyl sites for hydroxylation is 2. The summed E-state index contributed by atoms with van der Waals surface area (Å²) < 4.78 is 5.18. The molecule has 12 heavy (non-hydrogen) atoms. The minimum absolute atomic E-state index is 1.00. The highest BCUT2D eigenvalue weighted by atomic mass is 16.5. The molecule has 0 N–H and O–H groups in total. The maximum absolute atomic E-state index is 5.18. The summed E-state index contributed by atoms with van der Waals surface area (Å²) in [5, 5.41) is 0. The van der Waals surface area contributed by atoms with Gasteiger partial charge in [0.25, 0.3) is 0 Å². The van der Waals surface area contributed by atoms with E-state index < -0.39 is 0 Å². The molecule has 0 aromatic heterocycles. The quantitative estimate of drug-likeness (QED) is 0.621. The molecule has 0 fully saturated rings. The Labute approximate surface area is 75.4 Å². The Morgan fingerprint density at radius 3 is 1.67 bits per heavy atom. The Morgan fingerprint density at radius 2 is 1.42 bits per heavy atom. The number of para-hydroxylation sites is 1. The van der Waals surface area contributed by atoms with Crippen molar-refractivity contribution in [2.45, 2.75) is 27.7 Å². The first-order chi connectivity index (χ1) is 5.75. The third-order valence-electron chi connectivity index (χ3n) is 1.61. The minimum Gasteiger partial charge on any atom is -0.496 e. The van der Waals surface area contributed by atoms with Crippen molar-refractivity contribution >= 4 is 0 Å². The summed E-state index contributed by atoms with van der Waals surface area (Å²) in [7, 11) is 1.70. The van der Waals surface area contributed by atoms with E-state index in [1.54, 1.807) is 7.11 Å². The molecule has 0 unspecified atom stereocenters. The second kappa shape index (κ2) is 5.64. The van der Waals surface area contributed by atoms with Crippen LogP contribution in [0.2, 0.25) is 0 Å². The largest absolute Gasteiger partial charge is 0.496 e. The van der Waals surface area contributed by atoms with Crippen LogP contribution < -0.4 is 4.74 Å². The highest BCUT2D eigenvalue weighted by Crippen LogP contribution is 2.20. The van der Waals surface area contributed by atoms with E-state index in [2.05, 4.69) is 0 Å². The van der Waals surface area contributed by atoms with Crippen LogP contribution in [0.25, 0.3) is 0 Å². The molecule has 1 heteroatoms. The Morgan fingerprint density at radius 1 is 1.00 bits per heavy atom. The monoisotopic (exact) mass is 166 g/mol. The fourth-order valence-electron chi connectivity index (χ4n) is 1.12. The average Bonchev–Trinajstić information content (AvgIpc) is 2.08. The molecule has 0 aliphatic rings. The van der Waals surface area contributed by atoms with Gasteiger partial charge in [0.15, 0.2) is 0 Å². The first kappa shape index (κ1) is 11.0. The van der Waals surface area contributed by atoms with Crippen molar-refractivity contribution in [2.24, 2.45) is 0 Å². The van der Waals surface area contributed by atoms with Crippen molar-refractivity contribution in [3.63, 3.8) is 0 Å². The SMILES string of the molecule is CC.COc1c(C)cccc1C. The normalized spacial score (nSPS) is 8.42. The van der Waals surface area contributed by atoms with Crippen LogP contribution >= 0.6 is 0 Å². The Kier molecular flexibility index (Phi) is 5.18. The van der Waals surface area contributed by atoms with E-state index in [9.17, 15) is 0 Å². The lowest BCUT2D eigenvalue weighted by molar-refractivity contribution is 0.408. The molecule has 0 aliphatic heterocycles. The number of hydrogen-bond donors (Lipinski definition) is 0. The van der Waals surface area contributed by atoms with Crippen LogP contribution in [0.15, 0.2) is 18.2 Å². The van der Waals surface area contributed by atoms with Crippen LogP contribution in [0.3, 0.4) is 0 Å². The molecule has 68 valence electrons. The Balaban J connectivity index is 0.000000561. The molecular formula is C11H18O. The summed E-state index contributed by atoms with van der Waals surface area (Å²) in [6, 6.07) is 6.13. The number of benzene rings is 1. The summed E-state index contributed by atoms with van der Waals surface area (Å²) in [5.41, 5.74) is 2.39. The first-order valence-electron chi connectivity index (χ1n) is 4.36. The molecule has 0 amide bonds. The molecule has 0 heterocycles. The summed E-state index contributed by atoms with van der Waals surface area (Å²) in [4.78, 5) is 0. The van der Waals surface area contributed by atoms with Gasteiger partial charge in [-0.15, -0.1) is 0 Å². The average molecular weight is 166 g/mol. The van der Waals surface area contributed by atoms with Gasteiger partial charge in [0.1, 0.15) is 5.75 Å². The van der Waals surface area contributed by atoms with E-state index in [0.717, 1.165) is 5.75 Å². The van der Waals surface area contributed by atoms with E-state index in [4.69, 9.17) is 4.74 Å². The van der Waals surface area contributed by atoms with Crippen molar-refractivity contribution in [1.29, 1.82) is 0 Å². The van der Waals surface area contributed by atoms with Gasteiger partial charge in [-0.2, -0.15) is 0 Å². The smallest absolute Gasteiger partial charge is 0.124 e. The van der Waals surface area contributed by atoms with Gasteiger partial charge in [0, 0.05) is 0 Å². The third-order valence-corrected chi connectivity index (χ3v) is 1.61. The standard InChI is InChI=1S/C9H12O.C2H6/c1-7-5-4-6-8(2)9(7)10-3;1-2/h4-6H,1-3H3;1-2H3. The molecule has 1 rings (SSSR count). The highest BCUT2D eigenvalue weighted by molar-refractivity contribution is 5.39. The van der Waals surface area contributed by atoms with Crippen LogP contribution in [0.5, 0.6) is 5.75 Å². The second-order valence-corrected chi connectivity index (χ2v) is 2.43. The maximum Gasteiger partial charge on any atom is 0.124 e. The molecule has 1 aromatic rings. The molecule has 0 bridgehead atoms. The number of rotatable bonds is 1. The van der Waals surface area contributed by atoms with Crippen molar-refractivity contribution in [2.75, 3.05) is 7.11 Å². The van der Waals surface area contributed by atoms with Crippen molar-refractivity contribution in [3.05, 3.63) is 29.3 Å². The molecular weight excluding hydrogens is 148 g/mol. The third kappa shape index (κ3) is 2.57. The van der Waals surface area contributed by atoms with E-state index in [1.807, 2.05) is 45.9 Å². The number of ether oxygens (including phenoxy) is 1. The van der Waals surface area contributed by atoms with Crippen LogP contribution in [0.1, 0.15) is 25.0 Å². The van der Waals surface area contributed by atoms with Gasteiger partial charge in [-0.3, -0.25) is 0 Å². The van der Waals surface area contributed by atoms with E-state index >= 15 is 0 Å². The molecule has 0 radical (unpaired) electrons. The van der Waals surface area contributed by atoms with E-state index in [0.29, 0.717) is 0 Å². The fraction of sp³-hybridized carbons (Fsp3) is 0.455. The predicted octanol–water partition coefficient (Wildman–Crippen LogP) is 3.34. The molecule has 0 atom stereocenters. The lowest BCUT2D eigenvalue weighted by Gasteiger charge is -2.06. The predicted molar refractivity (Wildman–Crippen MR) is 53.8 cm³/mol. The molecule has 0 saturated heterocycles. The maximum atomic E-state index is 5.18. The van der Waals surface area contributed by atoms with Crippen molar-refractivity contribution in [1.82, 2.24) is 0 Å². The summed E-state index contributed by atoms with van der Waals surface area (Å²) in [6.07, 6.45) is 0. The van der Waals surface area contributed by atoms with Crippen LogP contribution in [0, 0.1) is 13.8 Å². The molecule has 1 nitrogen and oxygen atoms in total. The zero-order valence-corrected chi connectivity index (χ0v) is 8.64. The second-order valence-electron chi connectivity index (χ2n) is 2.43. The van der Waals surface area contributed by atoms with Crippen molar-refractivity contribution < 1.29 is 4.74 Å². The van der Waals surface area contributed by atoms with Crippen molar-refractivity contribution in [3.8, 4) is 5.75 Å². The Hall–Kier alpha value is -0.980.